The van der Waals surface area contributed by atoms with Gasteiger partial charge in [0, 0.05) is 32.8 Å². The van der Waals surface area contributed by atoms with Gasteiger partial charge in [-0.05, 0) is 96.7 Å². The largest absolute Gasteiger partial charge is 0.455 e. The smallest absolute Gasteiger partial charge is 0.164 e. The molecule has 0 spiro atoms. The molecule has 2 aromatic heterocycles. The van der Waals surface area contributed by atoms with Gasteiger partial charge >= 0.3 is 0 Å². The molecule has 10 aromatic carbocycles. The Bertz CT molecular complexity index is 3740. The Kier molecular flexibility index (Phi) is 8.48. The fourth-order valence-electron chi connectivity index (χ4n) is 9.11. The number of fused-ring (bicyclic) bond motifs is 9. The van der Waals surface area contributed by atoms with Crippen LogP contribution in [0.15, 0.2) is 211 Å². The van der Waals surface area contributed by atoms with Gasteiger partial charge < -0.3 is 4.42 Å². The normalized spacial score (nSPS) is 11.5. The maximum absolute atomic E-state index is 9.39. The molecule has 0 N–H and O–H groups in total. The maximum atomic E-state index is 9.39. The molecule has 5 nitrogen and oxygen atoms in total. The molecule has 0 aliphatic carbocycles. The molecule has 0 bridgehead atoms. The molecule has 63 heavy (non-hydrogen) atoms. The van der Waals surface area contributed by atoms with Gasteiger partial charge in [-0.25, -0.2) is 15.0 Å². The van der Waals surface area contributed by atoms with Crippen LogP contribution in [0.4, 0.5) is 0 Å². The quantitative estimate of drug-likeness (QED) is 0.157. The Morgan fingerprint density at radius 1 is 0.333 bits per heavy atom. The van der Waals surface area contributed by atoms with E-state index < -0.39 is 0 Å². The maximum Gasteiger partial charge on any atom is 0.164 e. The molecule has 0 saturated heterocycles. The monoisotopic (exact) mass is 802 g/mol. The lowest BCUT2D eigenvalue weighted by Crippen LogP contribution is -2.00. The van der Waals surface area contributed by atoms with E-state index in [0.29, 0.717) is 23.0 Å². The number of benzene rings is 10. The third-order valence-electron chi connectivity index (χ3n) is 12.2. The third-order valence-corrected chi connectivity index (χ3v) is 12.2. The standard InChI is InChI=1S/C58H34N4O/c59-35-36-22-24-37(25-23-36)40-26-28-48-49-29-27-42(34-52(49)55-54(51(48)33-40)50-20-9-10-21-53(50)63-55)45-31-30-44(46-18-7-8-19-47(45)46)41-16-11-17-43(32-41)58-61-56(38-12-3-1-4-13-38)60-57(62-58)39-14-5-2-6-15-39/h1-34H. The summed E-state index contributed by atoms with van der Waals surface area (Å²) in [7, 11) is 0. The van der Waals surface area contributed by atoms with Gasteiger partial charge in [0.2, 0.25) is 0 Å². The predicted octanol–water partition coefficient (Wildman–Crippen LogP) is 15.1. The molecule has 12 aromatic rings. The number of nitrogens with zero attached hydrogens (tertiary/aromatic N) is 4. The van der Waals surface area contributed by atoms with Gasteiger partial charge in [-0.15, -0.1) is 0 Å². The molecule has 5 heteroatoms. The minimum atomic E-state index is 0.622. The zero-order chi connectivity index (χ0) is 41.9. The van der Waals surface area contributed by atoms with Crippen LogP contribution >= 0.6 is 0 Å². The Hall–Kier alpha value is -8.72. The third kappa shape index (κ3) is 6.20. The molecule has 0 aliphatic heterocycles. The lowest BCUT2D eigenvalue weighted by Gasteiger charge is -2.15. The van der Waals surface area contributed by atoms with Crippen LogP contribution < -0.4 is 0 Å². The Balaban J connectivity index is 0.992. The van der Waals surface area contributed by atoms with Crippen LogP contribution in [-0.2, 0) is 0 Å². The first-order valence-corrected chi connectivity index (χ1v) is 21.0. The van der Waals surface area contributed by atoms with E-state index in [2.05, 4.69) is 115 Å². The van der Waals surface area contributed by atoms with Crippen molar-refractivity contribution in [3.05, 3.63) is 212 Å². The van der Waals surface area contributed by atoms with Crippen molar-refractivity contribution in [1.82, 2.24) is 15.0 Å². The van der Waals surface area contributed by atoms with Crippen molar-refractivity contribution < 1.29 is 4.42 Å². The lowest BCUT2D eigenvalue weighted by molar-refractivity contribution is 0.673. The minimum Gasteiger partial charge on any atom is -0.455 e. The highest BCUT2D eigenvalue weighted by atomic mass is 16.3. The molecule has 292 valence electrons. The number of rotatable bonds is 6. The van der Waals surface area contributed by atoms with E-state index in [-0.39, 0.29) is 0 Å². The van der Waals surface area contributed by atoms with E-state index in [1.54, 1.807) is 0 Å². The summed E-state index contributed by atoms with van der Waals surface area (Å²) in [6.45, 7) is 0. The Morgan fingerprint density at radius 2 is 0.825 bits per heavy atom. The molecule has 0 atom stereocenters. The van der Waals surface area contributed by atoms with Crippen molar-refractivity contribution >= 4 is 54.3 Å². The summed E-state index contributed by atoms with van der Waals surface area (Å²) in [6, 6.07) is 73.6. The van der Waals surface area contributed by atoms with Crippen LogP contribution in [0.25, 0.3) is 122 Å². The summed E-state index contributed by atoms with van der Waals surface area (Å²) in [6.07, 6.45) is 0. The van der Waals surface area contributed by atoms with Crippen molar-refractivity contribution in [3.63, 3.8) is 0 Å². The van der Waals surface area contributed by atoms with Gasteiger partial charge in [-0.1, -0.05) is 170 Å². The summed E-state index contributed by atoms with van der Waals surface area (Å²) >= 11 is 0. The highest BCUT2D eigenvalue weighted by Gasteiger charge is 2.19. The molecule has 12 rings (SSSR count). The van der Waals surface area contributed by atoms with E-state index in [9.17, 15) is 5.26 Å². The van der Waals surface area contributed by atoms with Crippen LogP contribution in [0.5, 0.6) is 0 Å². The number of para-hydroxylation sites is 1. The Morgan fingerprint density at radius 3 is 1.48 bits per heavy atom. The molecule has 0 radical (unpaired) electrons. The van der Waals surface area contributed by atoms with Gasteiger partial charge in [0.25, 0.3) is 0 Å². The van der Waals surface area contributed by atoms with Gasteiger partial charge in [0.05, 0.1) is 11.6 Å². The first-order valence-electron chi connectivity index (χ1n) is 21.0. The van der Waals surface area contributed by atoms with Crippen LogP contribution in [0, 0.1) is 11.3 Å². The second kappa shape index (κ2) is 14.8. The molecule has 2 heterocycles. The SMILES string of the molecule is N#Cc1ccc(-c2ccc3c4ccc(-c5ccc(-c6cccc(-c7nc(-c8ccccc8)nc(-c8ccccc8)n7)c6)c6ccccc56)cc4c4oc5ccccc5c4c3c2)cc1. The van der Waals surface area contributed by atoms with Crippen LogP contribution in [0.2, 0.25) is 0 Å². The fraction of sp³-hybridized carbons (Fsp3) is 0. The summed E-state index contributed by atoms with van der Waals surface area (Å²) in [5.74, 6) is 1.89. The molecule has 0 aliphatic rings. The average Bonchev–Trinajstić information content (AvgIpc) is 3.77. The summed E-state index contributed by atoms with van der Waals surface area (Å²) in [4.78, 5) is 14.9. The fourth-order valence-corrected chi connectivity index (χ4v) is 9.11. The van der Waals surface area contributed by atoms with Gasteiger partial charge in [0.15, 0.2) is 17.5 Å². The van der Waals surface area contributed by atoms with Crippen LogP contribution in [0.1, 0.15) is 5.56 Å². The zero-order valence-electron chi connectivity index (χ0n) is 33.8. The minimum absolute atomic E-state index is 0.622. The number of aromatic nitrogens is 3. The van der Waals surface area contributed by atoms with Gasteiger partial charge in [-0.3, -0.25) is 0 Å². The van der Waals surface area contributed by atoms with E-state index in [0.717, 1.165) is 104 Å². The first kappa shape index (κ1) is 36.2. The number of hydrogen-bond donors (Lipinski definition) is 0. The second-order valence-electron chi connectivity index (χ2n) is 15.8. The Labute approximate surface area is 362 Å². The van der Waals surface area contributed by atoms with Crippen molar-refractivity contribution in [2.45, 2.75) is 0 Å². The van der Waals surface area contributed by atoms with Crippen molar-refractivity contribution in [3.8, 4) is 73.6 Å². The molecule has 0 saturated carbocycles. The van der Waals surface area contributed by atoms with E-state index in [1.165, 1.54) is 0 Å². The van der Waals surface area contributed by atoms with E-state index >= 15 is 0 Å². The van der Waals surface area contributed by atoms with E-state index in [1.807, 2.05) is 97.1 Å². The van der Waals surface area contributed by atoms with Crippen LogP contribution in [-0.4, -0.2) is 15.0 Å². The summed E-state index contributed by atoms with van der Waals surface area (Å²) in [5.41, 5.74) is 11.8. The highest BCUT2D eigenvalue weighted by Crippen LogP contribution is 2.44. The number of nitriles is 1. The zero-order valence-corrected chi connectivity index (χ0v) is 33.8. The molecular weight excluding hydrogens is 769 g/mol. The first-order chi connectivity index (χ1) is 31.2. The summed E-state index contributed by atoms with van der Waals surface area (Å²) < 4.78 is 6.77. The van der Waals surface area contributed by atoms with Crippen molar-refractivity contribution in [2.75, 3.05) is 0 Å². The molecular formula is C58H34N4O. The number of furan rings is 1. The summed E-state index contributed by atoms with van der Waals surface area (Å²) in [5, 5.41) is 18.4. The molecule has 0 amide bonds. The molecule has 0 unspecified atom stereocenters. The topological polar surface area (TPSA) is 75.6 Å². The van der Waals surface area contributed by atoms with Crippen molar-refractivity contribution in [2.24, 2.45) is 0 Å². The molecule has 0 fully saturated rings. The predicted molar refractivity (Wildman–Crippen MR) is 257 cm³/mol. The van der Waals surface area contributed by atoms with Crippen molar-refractivity contribution in [1.29, 1.82) is 5.26 Å². The van der Waals surface area contributed by atoms with Gasteiger partial charge in [-0.2, -0.15) is 5.26 Å². The second-order valence-corrected chi connectivity index (χ2v) is 15.8. The highest BCUT2D eigenvalue weighted by molar-refractivity contribution is 6.31. The van der Waals surface area contributed by atoms with E-state index in [4.69, 9.17) is 19.4 Å². The number of hydrogen-bond acceptors (Lipinski definition) is 5. The van der Waals surface area contributed by atoms with Gasteiger partial charge in [0.1, 0.15) is 11.2 Å². The average molecular weight is 803 g/mol. The van der Waals surface area contributed by atoms with Crippen LogP contribution in [0.3, 0.4) is 0 Å². The lowest BCUT2D eigenvalue weighted by atomic mass is 9.89.